The average Bonchev–Trinajstić information content (AvgIpc) is 3.56. The van der Waals surface area contributed by atoms with Gasteiger partial charge < -0.3 is 16.0 Å². The van der Waals surface area contributed by atoms with Crippen molar-refractivity contribution in [3.8, 4) is 5.69 Å². The molecule has 0 radical (unpaired) electrons. The molecule has 0 bridgehead atoms. The minimum Gasteiger partial charge on any atom is -0.350 e. The highest BCUT2D eigenvalue weighted by atomic mass is 35.5. The number of carbonyl (C=O) groups excluding carboxylic acids is 2. The second-order valence-electron chi connectivity index (χ2n) is 10.1. The molecule has 2 heterocycles. The van der Waals surface area contributed by atoms with Gasteiger partial charge in [-0.25, -0.2) is 9.67 Å². The molecule has 2 aromatic carbocycles. The Labute approximate surface area is 238 Å². The molecule has 1 fully saturated rings. The van der Waals surface area contributed by atoms with Crippen molar-refractivity contribution in [2.45, 2.75) is 51.4 Å². The van der Waals surface area contributed by atoms with Crippen LogP contribution in [-0.4, -0.2) is 64.6 Å². The monoisotopic (exact) mass is 588 g/mol. The molecule has 1 aliphatic rings. The fraction of sp³-hybridized carbons (Fsp3) is 0.385. The number of benzene rings is 2. The van der Waals surface area contributed by atoms with Crippen molar-refractivity contribution >= 4 is 39.3 Å². The van der Waals surface area contributed by atoms with E-state index >= 15 is 0 Å². The minimum atomic E-state index is -4.09. The summed E-state index contributed by atoms with van der Waals surface area (Å²) in [6.45, 7) is 4.01. The van der Waals surface area contributed by atoms with Crippen molar-refractivity contribution < 1.29 is 18.0 Å². The lowest BCUT2D eigenvalue weighted by Crippen LogP contribution is -2.54. The zero-order valence-electron chi connectivity index (χ0n) is 22.2. The zero-order chi connectivity index (χ0) is 28.9. The molecule has 0 saturated carbocycles. The van der Waals surface area contributed by atoms with Crippen LogP contribution in [0.1, 0.15) is 32.3 Å². The van der Waals surface area contributed by atoms with Crippen LogP contribution < -0.4 is 20.5 Å². The van der Waals surface area contributed by atoms with Crippen LogP contribution in [0.4, 0.5) is 5.69 Å². The van der Waals surface area contributed by atoms with Gasteiger partial charge in [-0.15, -0.1) is 0 Å². The van der Waals surface area contributed by atoms with E-state index in [0.29, 0.717) is 22.0 Å². The van der Waals surface area contributed by atoms with Crippen molar-refractivity contribution in [1.82, 2.24) is 29.7 Å². The summed E-state index contributed by atoms with van der Waals surface area (Å²) in [5.41, 5.74) is 7.92. The number of amides is 2. The average molecular weight is 589 g/mol. The number of para-hydroxylation sites is 1. The van der Waals surface area contributed by atoms with Gasteiger partial charge in [-0.05, 0) is 54.7 Å². The SMILES string of the molecule is CC(C)C[C@H](NS(=O)(=O)Nc1ccccc1)C(=O)N1C[C@@H](N)C[C@H]1C(=O)NCc1cc(Cl)ccc1-n1cncn1. The van der Waals surface area contributed by atoms with Gasteiger partial charge in [0.05, 0.1) is 5.69 Å². The Hall–Kier alpha value is -3.52. The van der Waals surface area contributed by atoms with E-state index in [0.717, 1.165) is 0 Å². The number of aromatic nitrogens is 3. The molecule has 1 aliphatic heterocycles. The third kappa shape index (κ3) is 7.56. The third-order valence-corrected chi connectivity index (χ3v) is 7.74. The number of halogens is 1. The first-order chi connectivity index (χ1) is 19.0. The van der Waals surface area contributed by atoms with Crippen LogP contribution in [0, 0.1) is 5.92 Å². The van der Waals surface area contributed by atoms with Gasteiger partial charge in [0.1, 0.15) is 24.7 Å². The Morgan fingerprint density at radius 3 is 2.60 bits per heavy atom. The second-order valence-corrected chi connectivity index (χ2v) is 12.0. The van der Waals surface area contributed by atoms with Crippen LogP contribution in [0.5, 0.6) is 0 Å². The number of hydrogen-bond acceptors (Lipinski definition) is 7. The van der Waals surface area contributed by atoms with Crippen LogP contribution in [0.15, 0.2) is 61.2 Å². The summed E-state index contributed by atoms with van der Waals surface area (Å²) >= 11 is 6.20. The molecule has 3 aromatic rings. The van der Waals surface area contributed by atoms with Gasteiger partial charge in [0.25, 0.3) is 10.2 Å². The smallest absolute Gasteiger partial charge is 0.299 e. The molecular formula is C26H33ClN8O4S. The molecule has 0 unspecified atom stereocenters. The molecule has 40 heavy (non-hydrogen) atoms. The quantitative estimate of drug-likeness (QED) is 0.265. The summed E-state index contributed by atoms with van der Waals surface area (Å²) in [6.07, 6.45) is 3.41. The number of rotatable bonds is 11. The molecule has 14 heteroatoms. The standard InChI is InChI=1S/C26H33ClN8O4S/c1-17(2)10-22(33-40(38,39)32-21-6-4-3-5-7-21)26(37)34-14-20(28)12-24(34)25(36)30-13-18-11-19(27)8-9-23(18)35-16-29-15-31-35/h3-9,11,15-17,20,22,24,32-33H,10,12-14,28H2,1-2H3,(H,30,36)/t20-,22-,24-/m0/s1. The molecule has 214 valence electrons. The molecule has 0 spiro atoms. The van der Waals surface area contributed by atoms with E-state index in [1.54, 1.807) is 53.2 Å². The van der Waals surface area contributed by atoms with Gasteiger partial charge in [-0.3, -0.25) is 14.3 Å². The summed E-state index contributed by atoms with van der Waals surface area (Å²) < 4.78 is 32.2. The Bertz CT molecular complexity index is 1420. The Balaban J connectivity index is 1.49. The molecule has 2 amide bonds. The molecule has 5 N–H and O–H groups in total. The molecular weight excluding hydrogens is 556 g/mol. The number of nitrogens with two attached hydrogens (primary N) is 1. The lowest BCUT2D eigenvalue weighted by Gasteiger charge is -2.29. The fourth-order valence-corrected chi connectivity index (χ4v) is 5.93. The van der Waals surface area contributed by atoms with Gasteiger partial charge in [0, 0.05) is 29.8 Å². The summed E-state index contributed by atoms with van der Waals surface area (Å²) in [5.74, 6) is -0.916. The molecule has 1 aromatic heterocycles. The Morgan fingerprint density at radius 2 is 1.93 bits per heavy atom. The minimum absolute atomic E-state index is 0.00466. The van der Waals surface area contributed by atoms with E-state index in [1.165, 1.54) is 17.6 Å². The maximum absolute atomic E-state index is 13.7. The van der Waals surface area contributed by atoms with Crippen LogP contribution in [0.3, 0.4) is 0 Å². The fourth-order valence-electron chi connectivity index (χ4n) is 4.66. The Morgan fingerprint density at radius 1 is 1.18 bits per heavy atom. The Kier molecular flexibility index (Phi) is 9.40. The first-order valence-electron chi connectivity index (χ1n) is 12.8. The summed E-state index contributed by atoms with van der Waals surface area (Å²) in [5, 5.41) is 7.51. The van der Waals surface area contributed by atoms with E-state index in [2.05, 4.69) is 24.8 Å². The third-order valence-electron chi connectivity index (χ3n) is 6.41. The van der Waals surface area contributed by atoms with Crippen LogP contribution in [0.25, 0.3) is 5.69 Å². The lowest BCUT2D eigenvalue weighted by atomic mass is 10.0. The van der Waals surface area contributed by atoms with E-state index < -0.39 is 40.1 Å². The van der Waals surface area contributed by atoms with Gasteiger partial charge in [0.15, 0.2) is 0 Å². The van der Waals surface area contributed by atoms with Crippen LogP contribution in [-0.2, 0) is 26.3 Å². The van der Waals surface area contributed by atoms with E-state index in [4.69, 9.17) is 17.3 Å². The first kappa shape index (κ1) is 29.5. The zero-order valence-corrected chi connectivity index (χ0v) is 23.8. The first-order valence-corrected chi connectivity index (χ1v) is 14.7. The number of hydrogen-bond donors (Lipinski definition) is 4. The van der Waals surface area contributed by atoms with Crippen molar-refractivity contribution in [2.24, 2.45) is 11.7 Å². The summed E-state index contributed by atoms with van der Waals surface area (Å²) in [4.78, 5) is 32.4. The van der Waals surface area contributed by atoms with E-state index in [-0.39, 0.29) is 31.8 Å². The number of nitrogens with one attached hydrogen (secondary N) is 3. The lowest BCUT2D eigenvalue weighted by molar-refractivity contribution is -0.140. The van der Waals surface area contributed by atoms with Gasteiger partial charge >= 0.3 is 0 Å². The summed E-state index contributed by atoms with van der Waals surface area (Å²) in [7, 11) is -4.09. The number of carbonyl (C=O) groups is 2. The van der Waals surface area contributed by atoms with Crippen molar-refractivity contribution in [3.05, 3.63) is 71.8 Å². The predicted octanol–water partition coefficient (Wildman–Crippen LogP) is 1.83. The number of likely N-dealkylation sites (tertiary alicyclic amines) is 1. The topological polar surface area (TPSA) is 164 Å². The highest BCUT2D eigenvalue weighted by molar-refractivity contribution is 7.90. The highest BCUT2D eigenvalue weighted by Crippen LogP contribution is 2.22. The van der Waals surface area contributed by atoms with Crippen molar-refractivity contribution in [1.29, 1.82) is 0 Å². The molecule has 4 rings (SSSR count). The number of nitrogens with zero attached hydrogens (tertiary/aromatic N) is 4. The maximum Gasteiger partial charge on any atom is 0.299 e. The van der Waals surface area contributed by atoms with Gasteiger partial charge in [-0.2, -0.15) is 18.2 Å². The second kappa shape index (κ2) is 12.8. The normalized spacial score (nSPS) is 18.1. The van der Waals surface area contributed by atoms with Gasteiger partial charge in [-0.1, -0.05) is 43.6 Å². The van der Waals surface area contributed by atoms with E-state index in [1.807, 2.05) is 13.8 Å². The molecule has 1 saturated heterocycles. The van der Waals surface area contributed by atoms with Crippen LogP contribution >= 0.6 is 11.6 Å². The molecule has 12 nitrogen and oxygen atoms in total. The highest BCUT2D eigenvalue weighted by Gasteiger charge is 2.41. The van der Waals surface area contributed by atoms with Gasteiger partial charge in [0.2, 0.25) is 11.8 Å². The molecule has 3 atom stereocenters. The van der Waals surface area contributed by atoms with Crippen molar-refractivity contribution in [2.75, 3.05) is 11.3 Å². The van der Waals surface area contributed by atoms with Crippen molar-refractivity contribution in [3.63, 3.8) is 0 Å². The van der Waals surface area contributed by atoms with E-state index in [9.17, 15) is 18.0 Å². The van der Waals surface area contributed by atoms with Crippen LogP contribution in [0.2, 0.25) is 5.02 Å². The summed E-state index contributed by atoms with van der Waals surface area (Å²) in [6, 6.07) is 11.2. The maximum atomic E-state index is 13.7. The number of anilines is 1. The largest absolute Gasteiger partial charge is 0.350 e. The molecule has 0 aliphatic carbocycles. The predicted molar refractivity (Wildman–Crippen MR) is 152 cm³/mol.